The Balaban J connectivity index is 1.77. The number of hydrogen-bond acceptors (Lipinski definition) is 5. The second kappa shape index (κ2) is 5.17. The molecule has 0 aliphatic heterocycles. The first kappa shape index (κ1) is 13.0. The van der Waals surface area contributed by atoms with Crippen LogP contribution in [0.4, 0.5) is 5.95 Å². The van der Waals surface area contributed by atoms with Crippen molar-refractivity contribution in [2.75, 3.05) is 11.9 Å². The molecule has 0 spiro atoms. The molecule has 0 atom stereocenters. The summed E-state index contributed by atoms with van der Waals surface area (Å²) in [4.78, 5) is 5.82. The van der Waals surface area contributed by atoms with Crippen LogP contribution in [-0.2, 0) is 5.41 Å². The maximum absolute atomic E-state index is 4.48. The number of fused-ring (bicyclic) bond motifs is 1. The van der Waals surface area contributed by atoms with E-state index in [4.69, 9.17) is 0 Å². The third-order valence-corrected chi connectivity index (χ3v) is 4.47. The highest BCUT2D eigenvalue weighted by molar-refractivity contribution is 7.10. The summed E-state index contributed by atoms with van der Waals surface area (Å²) in [6.07, 6.45) is 0. The number of thiophene rings is 1. The quantitative estimate of drug-likeness (QED) is 0.797. The Morgan fingerprint density at radius 3 is 2.60 bits per heavy atom. The molecule has 2 heterocycles. The topological polar surface area (TPSA) is 50.7 Å². The lowest BCUT2D eigenvalue weighted by molar-refractivity contribution is 0.566. The van der Waals surface area contributed by atoms with Gasteiger partial charge >= 0.3 is 0 Å². The minimum atomic E-state index is 0.0448. The van der Waals surface area contributed by atoms with Crippen molar-refractivity contribution >= 4 is 28.3 Å². The number of nitrogens with zero attached hydrogens (tertiary/aromatic N) is 3. The molecule has 20 heavy (non-hydrogen) atoms. The van der Waals surface area contributed by atoms with Crippen LogP contribution in [0.25, 0.3) is 11.0 Å². The van der Waals surface area contributed by atoms with Gasteiger partial charge in [-0.25, -0.2) is 4.98 Å². The summed E-state index contributed by atoms with van der Waals surface area (Å²) in [5, 5.41) is 13.7. The summed E-state index contributed by atoms with van der Waals surface area (Å²) in [5.41, 5.74) is 1.72. The van der Waals surface area contributed by atoms with Crippen LogP contribution in [0.15, 0.2) is 41.8 Å². The molecule has 5 heteroatoms. The molecular formula is C15H16N4S. The fraction of sp³-hybridized carbons (Fsp3) is 0.267. The summed E-state index contributed by atoms with van der Waals surface area (Å²) < 4.78 is 0. The molecule has 0 aliphatic carbocycles. The van der Waals surface area contributed by atoms with Crippen molar-refractivity contribution in [2.45, 2.75) is 19.3 Å². The monoisotopic (exact) mass is 284 g/mol. The summed E-state index contributed by atoms with van der Waals surface area (Å²) in [7, 11) is 0. The molecule has 0 fully saturated rings. The number of hydrogen-bond donors (Lipinski definition) is 1. The first-order valence-corrected chi connectivity index (χ1v) is 7.40. The van der Waals surface area contributed by atoms with Gasteiger partial charge in [0.2, 0.25) is 5.95 Å². The molecule has 1 aromatic carbocycles. The average molecular weight is 284 g/mol. The number of para-hydroxylation sites is 1. The highest BCUT2D eigenvalue weighted by Gasteiger charge is 2.21. The summed E-state index contributed by atoms with van der Waals surface area (Å²) >= 11 is 1.77. The molecule has 0 saturated heterocycles. The van der Waals surface area contributed by atoms with Gasteiger partial charge in [-0.2, -0.15) is 0 Å². The van der Waals surface area contributed by atoms with Gasteiger partial charge in [0.1, 0.15) is 5.52 Å². The molecule has 0 bridgehead atoms. The molecule has 0 radical (unpaired) electrons. The van der Waals surface area contributed by atoms with Crippen molar-refractivity contribution in [3.8, 4) is 0 Å². The fourth-order valence-corrected chi connectivity index (χ4v) is 2.86. The van der Waals surface area contributed by atoms with Crippen molar-refractivity contribution in [1.29, 1.82) is 0 Å². The first-order chi connectivity index (χ1) is 9.65. The lowest BCUT2D eigenvalue weighted by Crippen LogP contribution is -2.27. The Morgan fingerprint density at radius 1 is 1.05 bits per heavy atom. The molecule has 2 aromatic heterocycles. The normalized spacial score (nSPS) is 11.7. The van der Waals surface area contributed by atoms with Gasteiger partial charge in [-0.15, -0.1) is 21.5 Å². The van der Waals surface area contributed by atoms with E-state index in [1.807, 2.05) is 24.3 Å². The zero-order valence-corrected chi connectivity index (χ0v) is 12.3. The maximum Gasteiger partial charge on any atom is 0.243 e. The van der Waals surface area contributed by atoms with Gasteiger partial charge in [-0.05, 0) is 23.6 Å². The second-order valence-electron chi connectivity index (χ2n) is 5.34. The van der Waals surface area contributed by atoms with Crippen LogP contribution in [0.5, 0.6) is 0 Å². The molecule has 3 rings (SSSR count). The minimum Gasteiger partial charge on any atom is -0.352 e. The second-order valence-corrected chi connectivity index (χ2v) is 6.29. The predicted molar refractivity (Wildman–Crippen MR) is 83.2 cm³/mol. The lowest BCUT2D eigenvalue weighted by Gasteiger charge is -2.23. The molecule has 1 N–H and O–H groups in total. The van der Waals surface area contributed by atoms with Crippen LogP contribution in [0.3, 0.4) is 0 Å². The molecule has 0 aliphatic rings. The van der Waals surface area contributed by atoms with E-state index in [2.05, 4.69) is 51.9 Å². The third kappa shape index (κ3) is 2.63. The Bertz CT molecular complexity index is 707. The van der Waals surface area contributed by atoms with E-state index in [0.29, 0.717) is 5.95 Å². The third-order valence-electron chi connectivity index (χ3n) is 3.24. The fourth-order valence-electron chi connectivity index (χ4n) is 2.01. The van der Waals surface area contributed by atoms with Crippen molar-refractivity contribution in [3.63, 3.8) is 0 Å². The van der Waals surface area contributed by atoms with E-state index in [1.165, 1.54) is 4.88 Å². The van der Waals surface area contributed by atoms with Crippen LogP contribution in [0.2, 0.25) is 0 Å². The molecule has 4 nitrogen and oxygen atoms in total. The van der Waals surface area contributed by atoms with Gasteiger partial charge in [0.15, 0.2) is 0 Å². The largest absolute Gasteiger partial charge is 0.352 e. The molecule has 102 valence electrons. The Kier molecular flexibility index (Phi) is 3.36. The standard InChI is InChI=1S/C15H16N4S/c1-15(2,13-8-5-9-20-13)10-16-14-17-11-6-3-4-7-12(11)18-19-14/h3-9H,10H2,1-2H3,(H,16,17,19). The zero-order chi connectivity index (χ0) is 14.0. The molecule has 0 amide bonds. The Labute approximate surface area is 121 Å². The molecule has 3 aromatic rings. The van der Waals surface area contributed by atoms with E-state index in [-0.39, 0.29) is 5.41 Å². The average Bonchev–Trinajstić information content (AvgIpc) is 3.00. The van der Waals surface area contributed by atoms with E-state index >= 15 is 0 Å². The van der Waals surface area contributed by atoms with Crippen molar-refractivity contribution in [2.24, 2.45) is 0 Å². The smallest absolute Gasteiger partial charge is 0.243 e. The SMILES string of the molecule is CC(C)(CNc1nnc2ccccc2n1)c1cccs1. The highest BCUT2D eigenvalue weighted by Crippen LogP contribution is 2.27. The van der Waals surface area contributed by atoms with Crippen molar-refractivity contribution in [3.05, 3.63) is 46.7 Å². The van der Waals surface area contributed by atoms with E-state index < -0.39 is 0 Å². The van der Waals surface area contributed by atoms with Crippen LogP contribution < -0.4 is 5.32 Å². The number of rotatable bonds is 4. The predicted octanol–water partition coefficient (Wildman–Crippen LogP) is 3.48. The zero-order valence-electron chi connectivity index (χ0n) is 11.5. The molecule has 0 saturated carbocycles. The van der Waals surface area contributed by atoms with Gasteiger partial charge in [-0.1, -0.05) is 32.0 Å². The Hall–Kier alpha value is -2.01. The van der Waals surface area contributed by atoms with Gasteiger partial charge in [-0.3, -0.25) is 0 Å². The maximum atomic E-state index is 4.48. The van der Waals surface area contributed by atoms with Gasteiger partial charge < -0.3 is 5.32 Å². The van der Waals surface area contributed by atoms with E-state index in [9.17, 15) is 0 Å². The minimum absolute atomic E-state index is 0.0448. The van der Waals surface area contributed by atoms with Crippen LogP contribution >= 0.6 is 11.3 Å². The first-order valence-electron chi connectivity index (χ1n) is 6.52. The summed E-state index contributed by atoms with van der Waals surface area (Å²) in [5.74, 6) is 0.577. The highest BCUT2D eigenvalue weighted by atomic mass is 32.1. The molecular weight excluding hydrogens is 268 g/mol. The van der Waals surface area contributed by atoms with E-state index in [0.717, 1.165) is 17.6 Å². The number of aromatic nitrogens is 3. The van der Waals surface area contributed by atoms with Gasteiger partial charge in [0.05, 0.1) is 5.52 Å². The summed E-state index contributed by atoms with van der Waals surface area (Å²) in [6.45, 7) is 5.19. The number of nitrogens with one attached hydrogen (secondary N) is 1. The summed E-state index contributed by atoms with van der Waals surface area (Å²) in [6, 6.07) is 12.0. The van der Waals surface area contributed by atoms with Crippen LogP contribution in [0, 0.1) is 0 Å². The molecule has 0 unspecified atom stereocenters. The lowest BCUT2D eigenvalue weighted by atomic mass is 9.91. The van der Waals surface area contributed by atoms with E-state index in [1.54, 1.807) is 11.3 Å². The van der Waals surface area contributed by atoms with Crippen LogP contribution in [0.1, 0.15) is 18.7 Å². The van der Waals surface area contributed by atoms with Crippen molar-refractivity contribution in [1.82, 2.24) is 15.2 Å². The number of anilines is 1. The van der Waals surface area contributed by atoms with Gasteiger partial charge in [0.25, 0.3) is 0 Å². The van der Waals surface area contributed by atoms with Gasteiger partial charge in [0, 0.05) is 16.8 Å². The van der Waals surface area contributed by atoms with Crippen molar-refractivity contribution < 1.29 is 0 Å². The van der Waals surface area contributed by atoms with Crippen LogP contribution in [-0.4, -0.2) is 21.7 Å². The number of benzene rings is 1. The Morgan fingerprint density at radius 2 is 1.85 bits per heavy atom.